The molecule has 0 bridgehead atoms. The third-order valence-electron chi connectivity index (χ3n) is 7.47. The number of benzene rings is 1. The quantitative estimate of drug-likeness (QED) is 0.240. The minimum absolute atomic E-state index is 0.0746. The highest BCUT2D eigenvalue weighted by molar-refractivity contribution is 6.11. The summed E-state index contributed by atoms with van der Waals surface area (Å²) in [5, 5.41) is 12.8. The molecule has 0 aliphatic carbocycles. The Balaban J connectivity index is 1.25. The molecular weight excluding hydrogens is 492 g/mol. The summed E-state index contributed by atoms with van der Waals surface area (Å²) in [6.45, 7) is 3.74. The van der Waals surface area contributed by atoms with Gasteiger partial charge >= 0.3 is 0 Å². The van der Waals surface area contributed by atoms with E-state index in [-0.39, 0.29) is 30.2 Å². The molecule has 1 aromatic carbocycles. The van der Waals surface area contributed by atoms with Crippen molar-refractivity contribution < 1.29 is 23.1 Å². The fourth-order valence-electron chi connectivity index (χ4n) is 5.34. The van der Waals surface area contributed by atoms with Gasteiger partial charge in [0.15, 0.2) is 11.6 Å². The number of aromatic nitrogens is 1. The first-order chi connectivity index (χ1) is 18.4. The molecule has 1 amide bonds. The van der Waals surface area contributed by atoms with Gasteiger partial charge in [0.2, 0.25) is 5.91 Å². The number of nitrogens with zero attached hydrogens (tertiary/aromatic N) is 5. The number of hydrogen-bond donors (Lipinski definition) is 0. The van der Waals surface area contributed by atoms with Crippen LogP contribution in [0.1, 0.15) is 42.5 Å². The number of amides is 1. The molecule has 0 N–H and O–H groups in total. The lowest BCUT2D eigenvalue weighted by Gasteiger charge is -2.41. The van der Waals surface area contributed by atoms with Crippen LogP contribution < -0.4 is 0 Å². The summed E-state index contributed by atoms with van der Waals surface area (Å²) < 4.78 is 33.7. The number of nitriles is 1. The Bertz CT molecular complexity index is 1310. The van der Waals surface area contributed by atoms with Gasteiger partial charge in [-0.3, -0.25) is 14.7 Å². The molecule has 10 heteroatoms. The molecule has 3 aliphatic heterocycles. The van der Waals surface area contributed by atoms with Crippen LogP contribution in [0.3, 0.4) is 0 Å². The van der Waals surface area contributed by atoms with E-state index in [1.807, 2.05) is 19.2 Å². The third-order valence-corrected chi connectivity index (χ3v) is 7.47. The van der Waals surface area contributed by atoms with Gasteiger partial charge in [-0.15, -0.1) is 0 Å². The van der Waals surface area contributed by atoms with Crippen LogP contribution in [0.4, 0.5) is 8.78 Å². The van der Waals surface area contributed by atoms with Gasteiger partial charge in [-0.1, -0.05) is 11.2 Å². The van der Waals surface area contributed by atoms with Crippen LogP contribution in [0.5, 0.6) is 0 Å². The molecule has 1 spiro atoms. The number of ether oxygens (including phenoxy) is 1. The first-order valence-electron chi connectivity index (χ1n) is 12.7. The van der Waals surface area contributed by atoms with E-state index in [4.69, 9.17) is 14.8 Å². The molecule has 4 heterocycles. The number of halogens is 2. The van der Waals surface area contributed by atoms with Crippen molar-refractivity contribution in [3.05, 3.63) is 76.1 Å². The Morgan fingerprint density at radius 1 is 1.24 bits per heavy atom. The van der Waals surface area contributed by atoms with E-state index in [0.29, 0.717) is 37.4 Å². The van der Waals surface area contributed by atoms with Crippen LogP contribution in [-0.2, 0) is 20.9 Å². The summed E-state index contributed by atoms with van der Waals surface area (Å²) in [6.07, 6.45) is 4.05. The maximum atomic E-state index is 13.9. The molecule has 0 saturated carbocycles. The number of piperidine rings is 1. The van der Waals surface area contributed by atoms with Crippen molar-refractivity contribution in [1.29, 1.82) is 5.26 Å². The molecule has 198 valence electrons. The minimum Gasteiger partial charge on any atom is -0.394 e. The number of hydrogen-bond acceptors (Lipinski definition) is 7. The Kier molecular flexibility index (Phi) is 7.49. The smallest absolute Gasteiger partial charge is 0.226 e. The van der Waals surface area contributed by atoms with Gasteiger partial charge in [-0.05, 0) is 53.8 Å². The van der Waals surface area contributed by atoms with Gasteiger partial charge in [-0.25, -0.2) is 8.78 Å². The van der Waals surface area contributed by atoms with Gasteiger partial charge in [0, 0.05) is 45.0 Å². The van der Waals surface area contributed by atoms with Crippen molar-refractivity contribution in [2.24, 2.45) is 5.16 Å². The van der Waals surface area contributed by atoms with Crippen LogP contribution in [0, 0.1) is 23.0 Å². The first-order valence-corrected chi connectivity index (χ1v) is 12.7. The van der Waals surface area contributed by atoms with Gasteiger partial charge < -0.3 is 14.5 Å². The molecule has 0 radical (unpaired) electrons. The second kappa shape index (κ2) is 11.0. The normalized spacial score (nSPS) is 19.6. The van der Waals surface area contributed by atoms with Crippen LogP contribution in [0.2, 0.25) is 0 Å². The average molecular weight is 522 g/mol. The SMILES string of the molecule is CN1CC2=C(CC1=O)C1(CCN(Cc3ccc(C(=NOCCC#N)c4ccc(F)c(F)c4)nc3)CC1)OC2. The third kappa shape index (κ3) is 5.30. The van der Waals surface area contributed by atoms with Crippen LogP contribution in [-0.4, -0.2) is 71.9 Å². The fraction of sp³-hybridized carbons (Fsp3) is 0.429. The minimum atomic E-state index is -0.995. The zero-order valence-corrected chi connectivity index (χ0v) is 21.3. The molecule has 0 unspecified atom stereocenters. The van der Waals surface area contributed by atoms with E-state index in [0.717, 1.165) is 43.6 Å². The largest absolute Gasteiger partial charge is 0.394 e. The number of likely N-dealkylation sites (N-methyl/N-ethyl adjacent to an activating group) is 1. The van der Waals surface area contributed by atoms with E-state index in [9.17, 15) is 13.6 Å². The number of carbonyl (C=O) groups is 1. The zero-order valence-electron chi connectivity index (χ0n) is 21.3. The summed E-state index contributed by atoms with van der Waals surface area (Å²) in [5.41, 5.74) is 4.17. The lowest BCUT2D eigenvalue weighted by molar-refractivity contribution is -0.129. The predicted molar refractivity (Wildman–Crippen MR) is 135 cm³/mol. The molecule has 1 fully saturated rings. The lowest BCUT2D eigenvalue weighted by Crippen LogP contribution is -2.46. The van der Waals surface area contributed by atoms with Crippen LogP contribution in [0.15, 0.2) is 52.8 Å². The first kappa shape index (κ1) is 25.9. The van der Waals surface area contributed by atoms with E-state index in [2.05, 4.69) is 15.0 Å². The maximum Gasteiger partial charge on any atom is 0.226 e. The fourth-order valence-corrected chi connectivity index (χ4v) is 5.34. The van der Waals surface area contributed by atoms with Crippen molar-refractivity contribution in [1.82, 2.24) is 14.8 Å². The molecule has 5 rings (SSSR count). The van der Waals surface area contributed by atoms with Crippen molar-refractivity contribution >= 4 is 11.6 Å². The summed E-state index contributed by atoms with van der Waals surface area (Å²) in [7, 11) is 1.84. The lowest BCUT2D eigenvalue weighted by atomic mass is 9.80. The summed E-state index contributed by atoms with van der Waals surface area (Å²) in [6, 6.07) is 9.16. The Morgan fingerprint density at radius 3 is 2.76 bits per heavy atom. The van der Waals surface area contributed by atoms with Gasteiger partial charge in [-0.2, -0.15) is 5.26 Å². The summed E-state index contributed by atoms with van der Waals surface area (Å²) in [4.78, 5) is 26.2. The number of carbonyl (C=O) groups excluding carboxylic acids is 1. The summed E-state index contributed by atoms with van der Waals surface area (Å²) >= 11 is 0. The topological polar surface area (TPSA) is 91.1 Å². The van der Waals surface area contributed by atoms with Gasteiger partial charge in [0.25, 0.3) is 0 Å². The monoisotopic (exact) mass is 521 g/mol. The average Bonchev–Trinajstić information content (AvgIpc) is 3.24. The van der Waals surface area contributed by atoms with Gasteiger partial charge in [0.1, 0.15) is 12.3 Å². The van der Waals surface area contributed by atoms with E-state index in [1.165, 1.54) is 17.2 Å². The number of likely N-dealkylation sites (tertiary alicyclic amines) is 1. The number of rotatable bonds is 7. The number of fused-ring (bicyclic) bond motifs is 1. The highest BCUT2D eigenvalue weighted by atomic mass is 19.2. The highest BCUT2D eigenvalue weighted by Gasteiger charge is 2.46. The molecule has 38 heavy (non-hydrogen) atoms. The second-order valence-electron chi connectivity index (χ2n) is 9.93. The summed E-state index contributed by atoms with van der Waals surface area (Å²) in [5.74, 6) is -1.79. The molecular formula is C28H29F2N5O3. The van der Waals surface area contributed by atoms with Crippen LogP contribution >= 0.6 is 0 Å². The van der Waals surface area contributed by atoms with Crippen LogP contribution in [0.25, 0.3) is 0 Å². The molecule has 1 aromatic heterocycles. The molecule has 2 aromatic rings. The number of oxime groups is 1. The zero-order chi connectivity index (χ0) is 26.7. The Morgan fingerprint density at radius 2 is 2.05 bits per heavy atom. The van der Waals surface area contributed by atoms with Crippen molar-refractivity contribution in [3.8, 4) is 6.07 Å². The van der Waals surface area contributed by atoms with Crippen molar-refractivity contribution in [2.75, 3.05) is 39.9 Å². The second-order valence-corrected chi connectivity index (χ2v) is 9.93. The maximum absolute atomic E-state index is 13.9. The van der Waals surface area contributed by atoms with Gasteiger partial charge in [0.05, 0.1) is 36.8 Å². The van der Waals surface area contributed by atoms with E-state index < -0.39 is 11.6 Å². The molecule has 3 aliphatic rings. The van der Waals surface area contributed by atoms with Crippen molar-refractivity contribution in [2.45, 2.75) is 37.8 Å². The predicted octanol–water partition coefficient (Wildman–Crippen LogP) is 3.57. The van der Waals surface area contributed by atoms with E-state index >= 15 is 0 Å². The highest BCUT2D eigenvalue weighted by Crippen LogP contribution is 2.44. The standard InChI is InChI=1S/C28H29F2N5O3/c1-34-17-21-18-37-28(22(21)14-26(34)36)7-10-35(11-8-28)16-19-3-6-25(32-15-19)27(33-38-12-2-9-31)20-4-5-23(29)24(30)13-20/h3-6,13,15H,2,7-8,10-12,14,16-18H2,1H3. The molecule has 8 nitrogen and oxygen atoms in total. The van der Waals surface area contributed by atoms with E-state index in [1.54, 1.807) is 17.2 Å². The Labute approximate surface area is 220 Å². The Hall–Kier alpha value is -3.68. The van der Waals surface area contributed by atoms with Crippen molar-refractivity contribution in [3.63, 3.8) is 0 Å². The molecule has 0 atom stereocenters. The number of pyridine rings is 1. The molecule has 1 saturated heterocycles.